The van der Waals surface area contributed by atoms with E-state index < -0.39 is 6.61 Å². The van der Waals surface area contributed by atoms with Crippen molar-refractivity contribution in [2.45, 2.75) is 13.5 Å². The number of rotatable bonds is 2. The number of aromatic nitrogens is 1. The number of hydrogen-bond acceptors (Lipinski definition) is 2. The van der Waals surface area contributed by atoms with E-state index in [2.05, 4.69) is 9.72 Å². The van der Waals surface area contributed by atoms with E-state index >= 15 is 0 Å². The zero-order valence-corrected chi connectivity index (χ0v) is 8.38. The van der Waals surface area contributed by atoms with Crippen LogP contribution < -0.4 is 4.74 Å². The summed E-state index contributed by atoms with van der Waals surface area (Å²) in [4.78, 5) is 3.83. The van der Waals surface area contributed by atoms with E-state index in [4.69, 9.17) is 0 Å². The molecule has 1 aromatic heterocycles. The van der Waals surface area contributed by atoms with Gasteiger partial charge in [0, 0.05) is 5.69 Å². The Bertz CT molecular complexity index is 280. The molecule has 2 nitrogen and oxygen atoms in total. The molecule has 0 bridgehead atoms. The summed E-state index contributed by atoms with van der Waals surface area (Å²) in [5.41, 5.74) is 0.779. The van der Waals surface area contributed by atoms with Gasteiger partial charge < -0.3 is 4.74 Å². The van der Waals surface area contributed by atoms with E-state index in [0.29, 0.717) is 3.57 Å². The van der Waals surface area contributed by atoms with Gasteiger partial charge >= 0.3 is 6.61 Å². The van der Waals surface area contributed by atoms with Gasteiger partial charge in [-0.3, -0.25) is 4.98 Å². The fraction of sp³-hybridized carbons (Fsp3) is 0.286. The van der Waals surface area contributed by atoms with Crippen LogP contribution >= 0.6 is 22.6 Å². The highest BCUT2D eigenvalue weighted by Gasteiger charge is 2.07. The largest absolute Gasteiger partial charge is 0.432 e. The number of pyridine rings is 1. The molecule has 0 aliphatic carbocycles. The molecule has 0 unspecified atom stereocenters. The summed E-state index contributed by atoms with van der Waals surface area (Å²) in [7, 11) is 0. The molecule has 1 rings (SSSR count). The lowest BCUT2D eigenvalue weighted by atomic mass is 10.4. The molecule has 0 atom stereocenters. The Morgan fingerprint density at radius 1 is 1.58 bits per heavy atom. The number of ether oxygens (including phenoxy) is 1. The highest BCUT2D eigenvalue weighted by atomic mass is 127. The molecular weight excluding hydrogens is 279 g/mol. The van der Waals surface area contributed by atoms with Crippen molar-refractivity contribution < 1.29 is 13.5 Å². The average molecular weight is 285 g/mol. The first kappa shape index (κ1) is 9.63. The smallest absolute Gasteiger partial charge is 0.387 e. The minimum atomic E-state index is -2.79. The molecule has 0 fully saturated rings. The quantitative estimate of drug-likeness (QED) is 0.779. The Morgan fingerprint density at radius 2 is 2.25 bits per heavy atom. The van der Waals surface area contributed by atoms with Crippen LogP contribution in [0.2, 0.25) is 0 Å². The molecular formula is C7H6F2INO. The van der Waals surface area contributed by atoms with Crippen molar-refractivity contribution in [1.29, 1.82) is 0 Å². The molecule has 0 aliphatic heterocycles. The number of halogens is 3. The molecule has 0 N–H and O–H groups in total. The number of nitrogens with zero attached hydrogens (tertiary/aromatic N) is 1. The highest BCUT2D eigenvalue weighted by Crippen LogP contribution is 2.21. The van der Waals surface area contributed by atoms with E-state index in [0.717, 1.165) is 5.69 Å². The standard InChI is InChI=1S/C7H6F2INO/c1-4-2-5(10)6(3-11-4)12-7(8)9/h2-3,7H,1H3. The molecule has 0 saturated heterocycles. The summed E-state index contributed by atoms with van der Waals surface area (Å²) >= 11 is 1.92. The fourth-order valence-electron chi connectivity index (χ4n) is 0.697. The van der Waals surface area contributed by atoms with Gasteiger partial charge in [-0.05, 0) is 35.6 Å². The van der Waals surface area contributed by atoms with Crippen LogP contribution in [0.1, 0.15) is 5.69 Å². The summed E-state index contributed by atoms with van der Waals surface area (Å²) < 4.78 is 28.3. The van der Waals surface area contributed by atoms with E-state index in [1.807, 2.05) is 22.6 Å². The third-order valence-electron chi connectivity index (χ3n) is 1.17. The van der Waals surface area contributed by atoms with Gasteiger partial charge in [-0.1, -0.05) is 0 Å². The second-order valence-electron chi connectivity index (χ2n) is 2.13. The van der Waals surface area contributed by atoms with Crippen LogP contribution in [0.4, 0.5) is 8.78 Å². The minimum Gasteiger partial charge on any atom is -0.432 e. The first-order chi connectivity index (χ1) is 5.59. The predicted molar refractivity (Wildman–Crippen MR) is 48.3 cm³/mol. The van der Waals surface area contributed by atoms with E-state index in [-0.39, 0.29) is 5.75 Å². The summed E-state index contributed by atoms with van der Waals surface area (Å²) in [6.07, 6.45) is 1.29. The Balaban J connectivity index is 2.86. The maximum Gasteiger partial charge on any atom is 0.387 e. The number of alkyl halides is 2. The molecule has 1 aromatic rings. The Labute approximate surface area is 82.1 Å². The third kappa shape index (κ3) is 2.54. The Morgan fingerprint density at radius 3 is 2.75 bits per heavy atom. The highest BCUT2D eigenvalue weighted by molar-refractivity contribution is 14.1. The Kier molecular flexibility index (Phi) is 3.19. The van der Waals surface area contributed by atoms with Crippen LogP contribution in [0.15, 0.2) is 12.3 Å². The zero-order chi connectivity index (χ0) is 9.14. The SMILES string of the molecule is Cc1cc(I)c(OC(F)F)cn1. The van der Waals surface area contributed by atoms with Crippen molar-refractivity contribution in [1.82, 2.24) is 4.98 Å². The van der Waals surface area contributed by atoms with E-state index in [9.17, 15) is 8.78 Å². The number of hydrogen-bond donors (Lipinski definition) is 0. The zero-order valence-electron chi connectivity index (χ0n) is 6.22. The van der Waals surface area contributed by atoms with Crippen LogP contribution in [0.25, 0.3) is 0 Å². The summed E-state index contributed by atoms with van der Waals surface area (Å²) in [6.45, 7) is -1.00. The third-order valence-corrected chi connectivity index (χ3v) is 2.02. The van der Waals surface area contributed by atoms with Gasteiger partial charge in [0.05, 0.1) is 9.77 Å². The van der Waals surface area contributed by atoms with Gasteiger partial charge in [0.2, 0.25) is 0 Å². The molecule has 5 heteroatoms. The summed E-state index contributed by atoms with van der Waals surface area (Å²) in [5, 5.41) is 0. The lowest BCUT2D eigenvalue weighted by Gasteiger charge is -2.05. The lowest BCUT2D eigenvalue weighted by molar-refractivity contribution is -0.0506. The first-order valence-corrected chi connectivity index (χ1v) is 4.24. The van der Waals surface area contributed by atoms with Crippen LogP contribution in [0.3, 0.4) is 0 Å². The summed E-state index contributed by atoms with van der Waals surface area (Å²) in [6, 6.07) is 1.68. The second kappa shape index (κ2) is 3.97. The maximum atomic E-state index is 11.7. The van der Waals surface area contributed by atoms with Gasteiger partial charge in [0.15, 0.2) is 5.75 Å². The molecule has 0 aliphatic rings. The monoisotopic (exact) mass is 285 g/mol. The molecule has 12 heavy (non-hydrogen) atoms. The molecule has 1 heterocycles. The normalized spacial score (nSPS) is 10.4. The Hall–Kier alpha value is -0.460. The first-order valence-electron chi connectivity index (χ1n) is 3.16. The van der Waals surface area contributed by atoms with Crippen LogP contribution in [-0.2, 0) is 0 Å². The van der Waals surface area contributed by atoms with E-state index in [1.54, 1.807) is 13.0 Å². The van der Waals surface area contributed by atoms with Gasteiger partial charge in [-0.2, -0.15) is 8.78 Å². The van der Waals surface area contributed by atoms with Crippen molar-refractivity contribution in [2.24, 2.45) is 0 Å². The van der Waals surface area contributed by atoms with Crippen molar-refractivity contribution in [3.05, 3.63) is 21.5 Å². The minimum absolute atomic E-state index is 0.121. The van der Waals surface area contributed by atoms with Gasteiger partial charge in [0.1, 0.15) is 0 Å². The summed E-state index contributed by atoms with van der Waals surface area (Å²) in [5.74, 6) is 0.121. The molecule has 0 amide bonds. The van der Waals surface area contributed by atoms with Crippen molar-refractivity contribution >= 4 is 22.6 Å². The lowest BCUT2D eigenvalue weighted by Crippen LogP contribution is -2.03. The van der Waals surface area contributed by atoms with E-state index in [1.165, 1.54) is 6.20 Å². The van der Waals surface area contributed by atoms with Gasteiger partial charge in [-0.15, -0.1) is 0 Å². The average Bonchev–Trinajstić information content (AvgIpc) is 1.94. The molecule has 0 saturated carbocycles. The van der Waals surface area contributed by atoms with Gasteiger partial charge in [0.25, 0.3) is 0 Å². The van der Waals surface area contributed by atoms with Crippen molar-refractivity contribution in [3.8, 4) is 5.75 Å². The molecule has 66 valence electrons. The molecule has 0 spiro atoms. The number of aryl methyl sites for hydroxylation is 1. The van der Waals surface area contributed by atoms with Crippen molar-refractivity contribution in [3.63, 3.8) is 0 Å². The van der Waals surface area contributed by atoms with Crippen LogP contribution in [0.5, 0.6) is 5.75 Å². The second-order valence-corrected chi connectivity index (χ2v) is 3.30. The van der Waals surface area contributed by atoms with Crippen molar-refractivity contribution in [2.75, 3.05) is 0 Å². The molecule has 0 radical (unpaired) electrons. The predicted octanol–water partition coefficient (Wildman–Crippen LogP) is 2.60. The molecule has 0 aromatic carbocycles. The maximum absolute atomic E-state index is 11.7. The topological polar surface area (TPSA) is 22.1 Å². The van der Waals surface area contributed by atoms with Crippen LogP contribution in [0, 0.1) is 10.5 Å². The fourth-order valence-corrected chi connectivity index (χ4v) is 1.41. The van der Waals surface area contributed by atoms with Gasteiger partial charge in [-0.25, -0.2) is 0 Å². The van der Waals surface area contributed by atoms with Crippen LogP contribution in [-0.4, -0.2) is 11.6 Å².